The van der Waals surface area contributed by atoms with Crippen molar-refractivity contribution < 1.29 is 30.8 Å². The molecule has 0 N–H and O–H groups in total. The van der Waals surface area contributed by atoms with E-state index >= 15 is 0 Å². The molecule has 8 heteroatoms. The normalized spacial score (nSPS) is 12.8. The van der Waals surface area contributed by atoms with Gasteiger partial charge in [0.1, 0.15) is 0 Å². The van der Waals surface area contributed by atoms with Gasteiger partial charge in [-0.1, -0.05) is 6.92 Å². The summed E-state index contributed by atoms with van der Waals surface area (Å²) in [6, 6.07) is 0.760. The Bertz CT molecular complexity index is 454. The second-order valence-electron chi connectivity index (χ2n) is 3.81. The average Bonchev–Trinajstić information content (AvgIpc) is 2.38. The van der Waals surface area contributed by atoms with Gasteiger partial charge >= 0.3 is 14.1 Å². The minimum atomic E-state index is -4.12. The van der Waals surface area contributed by atoms with Crippen molar-refractivity contribution in [2.24, 2.45) is 0 Å². The maximum atomic E-state index is 14.3. The van der Waals surface area contributed by atoms with Crippen molar-refractivity contribution in [3.05, 3.63) is 35.1 Å². The third-order valence-corrected chi connectivity index (χ3v) is 6.45. The second kappa shape index (κ2) is 5.56. The largest absolute Gasteiger partial charge is 0.418 e. The highest BCUT2D eigenvalue weighted by atomic mass is 28.4. The summed E-state index contributed by atoms with van der Waals surface area (Å²) in [4.78, 5) is 0. The Labute approximate surface area is 108 Å². The zero-order valence-corrected chi connectivity index (χ0v) is 11.6. The first-order chi connectivity index (χ1) is 8.77. The van der Waals surface area contributed by atoms with Gasteiger partial charge in [-0.05, 0) is 18.2 Å². The summed E-state index contributed by atoms with van der Waals surface area (Å²) in [5.74, 6) is -5.40. The standard InChI is InChI=1S/C11H13F5O2Si/c1-4-19(17-2,18-3)11(15,16)7-5-6-8(12)10(14)9(7)13/h5-6H,4H2,1-3H3. The summed E-state index contributed by atoms with van der Waals surface area (Å²) < 4.78 is 77.6. The van der Waals surface area contributed by atoms with E-state index in [-0.39, 0.29) is 6.04 Å². The topological polar surface area (TPSA) is 18.5 Å². The third-order valence-electron chi connectivity index (χ3n) is 2.98. The molecule has 0 saturated carbocycles. The van der Waals surface area contributed by atoms with Crippen molar-refractivity contribution in [2.75, 3.05) is 14.2 Å². The molecule has 1 aromatic rings. The SMILES string of the molecule is CC[Si](OC)(OC)C(F)(F)c1ccc(F)c(F)c1F. The lowest BCUT2D eigenvalue weighted by Gasteiger charge is -2.34. The Morgan fingerprint density at radius 2 is 1.58 bits per heavy atom. The molecule has 0 spiro atoms. The molecular weight excluding hydrogens is 287 g/mol. The fraction of sp³-hybridized carbons (Fsp3) is 0.455. The van der Waals surface area contributed by atoms with Crippen LogP contribution in [0.4, 0.5) is 22.0 Å². The van der Waals surface area contributed by atoms with Gasteiger partial charge in [0, 0.05) is 14.2 Å². The Morgan fingerprint density at radius 1 is 1.05 bits per heavy atom. The van der Waals surface area contributed by atoms with Crippen molar-refractivity contribution >= 4 is 8.56 Å². The van der Waals surface area contributed by atoms with Gasteiger partial charge in [-0.2, -0.15) is 8.78 Å². The molecule has 0 saturated heterocycles. The average molecular weight is 300 g/mol. The van der Waals surface area contributed by atoms with Crippen LogP contribution in [0.15, 0.2) is 12.1 Å². The predicted molar refractivity (Wildman–Crippen MR) is 60.5 cm³/mol. The van der Waals surface area contributed by atoms with Gasteiger partial charge in [-0.15, -0.1) is 0 Å². The van der Waals surface area contributed by atoms with E-state index in [1.165, 1.54) is 6.92 Å². The minimum Gasteiger partial charge on any atom is -0.394 e. The molecular formula is C11H13F5O2Si. The molecule has 1 rings (SSSR count). The Hall–Kier alpha value is -0.993. The van der Waals surface area contributed by atoms with Crippen molar-refractivity contribution in [1.82, 2.24) is 0 Å². The van der Waals surface area contributed by atoms with E-state index in [9.17, 15) is 22.0 Å². The Morgan fingerprint density at radius 3 is 2.00 bits per heavy atom. The summed E-state index contributed by atoms with van der Waals surface area (Å²) in [6.07, 6.45) is 0. The Balaban J connectivity index is 3.46. The molecule has 0 fully saturated rings. The fourth-order valence-electron chi connectivity index (χ4n) is 1.82. The smallest absolute Gasteiger partial charge is 0.394 e. The van der Waals surface area contributed by atoms with Gasteiger partial charge in [0.25, 0.3) is 0 Å². The third kappa shape index (κ3) is 2.39. The van der Waals surface area contributed by atoms with E-state index in [0.717, 1.165) is 14.2 Å². The molecule has 19 heavy (non-hydrogen) atoms. The van der Waals surface area contributed by atoms with E-state index in [1.54, 1.807) is 0 Å². The summed E-state index contributed by atoms with van der Waals surface area (Å²) in [7, 11) is -2.08. The number of halogens is 5. The fourth-order valence-corrected chi connectivity index (χ4v) is 4.13. The van der Waals surface area contributed by atoms with Crippen LogP contribution in [0, 0.1) is 17.5 Å². The molecule has 0 amide bonds. The highest BCUT2D eigenvalue weighted by Gasteiger charge is 2.61. The maximum Gasteiger partial charge on any atom is 0.418 e. The molecule has 0 radical (unpaired) electrons. The van der Waals surface area contributed by atoms with Gasteiger partial charge in [-0.3, -0.25) is 0 Å². The number of rotatable bonds is 5. The van der Waals surface area contributed by atoms with E-state index < -0.39 is 37.1 Å². The lowest BCUT2D eigenvalue weighted by Crippen LogP contribution is -2.55. The van der Waals surface area contributed by atoms with Crippen LogP contribution < -0.4 is 0 Å². The van der Waals surface area contributed by atoms with Gasteiger partial charge in [-0.25, -0.2) is 13.2 Å². The monoisotopic (exact) mass is 300 g/mol. The molecule has 0 aliphatic rings. The van der Waals surface area contributed by atoms with Crippen LogP contribution in [-0.2, 0) is 14.4 Å². The van der Waals surface area contributed by atoms with Crippen LogP contribution in [0.3, 0.4) is 0 Å². The van der Waals surface area contributed by atoms with Gasteiger partial charge in [0.15, 0.2) is 17.5 Å². The van der Waals surface area contributed by atoms with E-state index in [2.05, 4.69) is 0 Å². The summed E-state index contributed by atoms with van der Waals surface area (Å²) >= 11 is 0. The summed E-state index contributed by atoms with van der Waals surface area (Å²) in [6.45, 7) is 1.39. The molecule has 0 unspecified atom stereocenters. The molecule has 0 aromatic heterocycles. The molecule has 0 aliphatic heterocycles. The van der Waals surface area contributed by atoms with Crippen LogP contribution in [0.1, 0.15) is 12.5 Å². The highest BCUT2D eigenvalue weighted by molar-refractivity contribution is 6.69. The molecule has 1 aromatic carbocycles. The van der Waals surface area contributed by atoms with Crippen molar-refractivity contribution in [3.8, 4) is 0 Å². The van der Waals surface area contributed by atoms with Gasteiger partial charge in [0.05, 0.1) is 5.56 Å². The van der Waals surface area contributed by atoms with Crippen LogP contribution in [0.25, 0.3) is 0 Å². The zero-order valence-electron chi connectivity index (χ0n) is 10.6. The molecule has 108 valence electrons. The predicted octanol–water partition coefficient (Wildman–Crippen LogP) is 3.49. The van der Waals surface area contributed by atoms with E-state index in [0.29, 0.717) is 12.1 Å². The lowest BCUT2D eigenvalue weighted by molar-refractivity contribution is 0.0119. The molecule has 0 bridgehead atoms. The lowest BCUT2D eigenvalue weighted by atomic mass is 10.2. The highest BCUT2D eigenvalue weighted by Crippen LogP contribution is 2.42. The van der Waals surface area contributed by atoms with E-state index in [1.807, 2.05) is 0 Å². The molecule has 0 aliphatic carbocycles. The molecule has 0 heterocycles. The first-order valence-electron chi connectivity index (χ1n) is 5.39. The van der Waals surface area contributed by atoms with Gasteiger partial charge < -0.3 is 8.85 Å². The first-order valence-corrected chi connectivity index (χ1v) is 7.41. The maximum absolute atomic E-state index is 14.3. The van der Waals surface area contributed by atoms with Crippen LogP contribution in [0.2, 0.25) is 6.04 Å². The van der Waals surface area contributed by atoms with Crippen LogP contribution >= 0.6 is 0 Å². The van der Waals surface area contributed by atoms with Crippen molar-refractivity contribution in [1.29, 1.82) is 0 Å². The number of alkyl halides is 2. The van der Waals surface area contributed by atoms with Gasteiger partial charge in [0.2, 0.25) is 0 Å². The number of hydrogen-bond donors (Lipinski definition) is 0. The minimum absolute atomic E-state index is 0.189. The summed E-state index contributed by atoms with van der Waals surface area (Å²) in [5.41, 5.74) is -5.12. The summed E-state index contributed by atoms with van der Waals surface area (Å²) in [5, 5.41) is 0. The first kappa shape index (κ1) is 16.1. The van der Waals surface area contributed by atoms with Crippen LogP contribution in [-0.4, -0.2) is 22.8 Å². The number of benzene rings is 1. The zero-order chi connectivity index (χ0) is 14.8. The second-order valence-corrected chi connectivity index (χ2v) is 7.47. The molecule has 0 atom stereocenters. The number of hydrogen-bond acceptors (Lipinski definition) is 2. The molecule has 2 nitrogen and oxygen atoms in total. The van der Waals surface area contributed by atoms with Crippen molar-refractivity contribution in [3.63, 3.8) is 0 Å². The van der Waals surface area contributed by atoms with Crippen molar-refractivity contribution in [2.45, 2.75) is 18.5 Å². The quantitative estimate of drug-likeness (QED) is 0.471. The van der Waals surface area contributed by atoms with E-state index in [4.69, 9.17) is 8.85 Å². The Kier molecular flexibility index (Phi) is 4.70. The van der Waals surface area contributed by atoms with Crippen LogP contribution in [0.5, 0.6) is 0 Å².